The molecule has 160 valence electrons. The number of fused-ring (bicyclic) bond motifs is 2. The number of alkyl halides is 1. The monoisotopic (exact) mass is 523 g/mol. The number of para-hydroxylation sites is 2. The van der Waals surface area contributed by atoms with Gasteiger partial charge in [0.25, 0.3) is 0 Å². The topological polar surface area (TPSA) is 7.12 Å². The van der Waals surface area contributed by atoms with Crippen molar-refractivity contribution in [1.82, 2.24) is 0 Å². The number of pyridine rings is 1. The highest BCUT2D eigenvalue weighted by molar-refractivity contribution is 14.1. The Labute approximate surface area is 200 Å². The van der Waals surface area contributed by atoms with Crippen LogP contribution in [-0.2, 0) is 12.0 Å². The zero-order chi connectivity index (χ0) is 21.8. The van der Waals surface area contributed by atoms with Crippen molar-refractivity contribution in [2.45, 2.75) is 45.1 Å². The van der Waals surface area contributed by atoms with Crippen LogP contribution in [0.5, 0.6) is 0 Å². The second-order valence-electron chi connectivity index (χ2n) is 8.84. The largest absolute Gasteiger partial charge is 0.347 e. The Morgan fingerprint density at radius 2 is 1.74 bits per heavy atom. The summed E-state index contributed by atoms with van der Waals surface area (Å²) in [6, 6.07) is 19.8. The smallest absolute Gasteiger partial charge is 0.213 e. The molecule has 3 heteroatoms. The first-order chi connectivity index (χ1) is 15.0. The van der Waals surface area contributed by atoms with Crippen LogP contribution in [-0.4, -0.2) is 11.5 Å². The van der Waals surface area contributed by atoms with Crippen molar-refractivity contribution in [2.24, 2.45) is 0 Å². The van der Waals surface area contributed by atoms with Gasteiger partial charge in [0.1, 0.15) is 6.54 Å². The predicted octanol–water partition coefficient (Wildman–Crippen LogP) is 7.06. The maximum absolute atomic E-state index is 2.47. The highest BCUT2D eigenvalue weighted by Crippen LogP contribution is 2.46. The Balaban J connectivity index is 1.61. The predicted molar refractivity (Wildman–Crippen MR) is 142 cm³/mol. The van der Waals surface area contributed by atoms with Crippen LogP contribution in [0.2, 0.25) is 0 Å². The highest BCUT2D eigenvalue weighted by Gasteiger charge is 2.37. The van der Waals surface area contributed by atoms with Crippen LogP contribution in [0.4, 0.5) is 5.69 Å². The molecule has 0 N–H and O–H groups in total. The third-order valence-electron chi connectivity index (χ3n) is 6.46. The van der Waals surface area contributed by atoms with Crippen LogP contribution in [0.1, 0.15) is 44.2 Å². The van der Waals surface area contributed by atoms with Gasteiger partial charge in [-0.15, -0.1) is 0 Å². The van der Waals surface area contributed by atoms with Crippen molar-refractivity contribution in [3.8, 4) is 0 Å². The van der Waals surface area contributed by atoms with Gasteiger partial charge in [-0.25, -0.2) is 0 Å². The zero-order valence-electron chi connectivity index (χ0n) is 18.8. The van der Waals surface area contributed by atoms with E-state index in [1.54, 1.807) is 0 Å². The van der Waals surface area contributed by atoms with E-state index in [9.17, 15) is 0 Å². The summed E-state index contributed by atoms with van der Waals surface area (Å²) in [5, 5.41) is 1.32. The van der Waals surface area contributed by atoms with Gasteiger partial charge in [0.15, 0.2) is 6.20 Å². The number of aryl methyl sites for hydroxylation is 1. The van der Waals surface area contributed by atoms with E-state index in [0.29, 0.717) is 0 Å². The van der Waals surface area contributed by atoms with Crippen molar-refractivity contribution >= 4 is 45.3 Å². The molecule has 0 amide bonds. The summed E-state index contributed by atoms with van der Waals surface area (Å²) in [4.78, 5) is 2.33. The van der Waals surface area contributed by atoms with Crippen LogP contribution in [0.3, 0.4) is 0 Å². The molecular weight excluding hydrogens is 491 g/mol. The maximum atomic E-state index is 2.47. The van der Waals surface area contributed by atoms with Gasteiger partial charge in [0.2, 0.25) is 5.52 Å². The SMILES string of the molecule is CN1/C(=C/C=C/c2cc[n+](CCCCCI)c3ccccc23)C(C)(C)c2ccccc21. The molecule has 2 heterocycles. The van der Waals surface area contributed by atoms with E-state index >= 15 is 0 Å². The van der Waals surface area contributed by atoms with Gasteiger partial charge in [-0.2, -0.15) is 4.57 Å². The Morgan fingerprint density at radius 1 is 0.968 bits per heavy atom. The van der Waals surface area contributed by atoms with Crippen molar-refractivity contribution < 1.29 is 4.57 Å². The van der Waals surface area contributed by atoms with E-state index in [2.05, 4.69) is 132 Å². The molecule has 0 spiro atoms. The van der Waals surface area contributed by atoms with Gasteiger partial charge in [0.05, 0.1) is 5.39 Å². The van der Waals surface area contributed by atoms with Crippen molar-refractivity contribution in [2.75, 3.05) is 16.4 Å². The quantitative estimate of drug-likeness (QED) is 0.139. The number of rotatable bonds is 7. The summed E-state index contributed by atoms with van der Waals surface area (Å²) in [6.45, 7) is 5.71. The Hall–Kier alpha value is -2.14. The van der Waals surface area contributed by atoms with Crippen molar-refractivity contribution in [1.29, 1.82) is 0 Å². The fourth-order valence-electron chi connectivity index (χ4n) is 4.75. The standard InChI is InChI=1S/C28H32IN2/c1-28(2)24-14-6-8-16-26(24)30(3)27(28)17-11-12-22-18-21-31(20-10-4-9-19-29)25-15-7-5-13-23(22)25/h5-8,11-18,21H,4,9-10,19-20H2,1-3H3/q+1. The Bertz CT molecular complexity index is 1130. The molecule has 31 heavy (non-hydrogen) atoms. The molecule has 2 aromatic carbocycles. The zero-order valence-corrected chi connectivity index (χ0v) is 21.0. The minimum atomic E-state index is 0.00934. The number of hydrogen-bond donors (Lipinski definition) is 0. The number of benzene rings is 2. The molecule has 0 atom stereocenters. The van der Waals surface area contributed by atoms with Gasteiger partial charge in [0, 0.05) is 42.4 Å². The lowest BCUT2D eigenvalue weighted by Gasteiger charge is -2.23. The van der Waals surface area contributed by atoms with Crippen LogP contribution < -0.4 is 9.47 Å². The number of unbranched alkanes of at least 4 members (excludes halogenated alkanes) is 2. The lowest BCUT2D eigenvalue weighted by molar-refractivity contribution is -0.671. The molecule has 1 aromatic heterocycles. The first-order valence-corrected chi connectivity index (χ1v) is 12.8. The summed E-state index contributed by atoms with van der Waals surface area (Å²) >= 11 is 2.47. The number of halogens is 1. The molecule has 0 fully saturated rings. The van der Waals surface area contributed by atoms with Gasteiger partial charge < -0.3 is 4.90 Å². The van der Waals surface area contributed by atoms with E-state index in [0.717, 1.165) is 6.54 Å². The fourth-order valence-corrected chi connectivity index (χ4v) is 5.29. The normalized spacial score (nSPS) is 16.5. The number of aromatic nitrogens is 1. The minimum absolute atomic E-state index is 0.00934. The number of likely N-dealkylation sites (N-methyl/N-ethyl adjacent to an activating group) is 1. The minimum Gasteiger partial charge on any atom is -0.347 e. The summed E-state index contributed by atoms with van der Waals surface area (Å²) in [7, 11) is 2.17. The molecule has 1 aliphatic rings. The first kappa shape index (κ1) is 22.1. The fraction of sp³-hybridized carbons (Fsp3) is 0.321. The first-order valence-electron chi connectivity index (χ1n) is 11.2. The summed E-state index contributed by atoms with van der Waals surface area (Å²) in [5.41, 5.74) is 6.63. The highest BCUT2D eigenvalue weighted by atomic mass is 127. The van der Waals surface area contributed by atoms with Gasteiger partial charge >= 0.3 is 0 Å². The van der Waals surface area contributed by atoms with Gasteiger partial charge in [-0.05, 0) is 46.6 Å². The molecular formula is C28H32IN2+. The lowest BCUT2D eigenvalue weighted by Crippen LogP contribution is -2.34. The summed E-state index contributed by atoms with van der Waals surface area (Å²) in [5.74, 6) is 0. The van der Waals surface area contributed by atoms with E-state index in [4.69, 9.17) is 0 Å². The third kappa shape index (κ3) is 4.43. The molecule has 1 aliphatic heterocycles. The van der Waals surface area contributed by atoms with Crippen LogP contribution in [0, 0.1) is 0 Å². The van der Waals surface area contributed by atoms with Crippen LogP contribution in [0.15, 0.2) is 78.6 Å². The second-order valence-corrected chi connectivity index (χ2v) is 9.92. The average molecular weight is 523 g/mol. The molecule has 2 nitrogen and oxygen atoms in total. The maximum Gasteiger partial charge on any atom is 0.213 e. The number of hydrogen-bond acceptors (Lipinski definition) is 1. The molecule has 0 unspecified atom stereocenters. The molecule has 0 bridgehead atoms. The van der Waals surface area contributed by atoms with E-state index < -0.39 is 0 Å². The molecule has 0 saturated heterocycles. The average Bonchev–Trinajstić information content (AvgIpc) is 2.98. The molecule has 4 rings (SSSR count). The molecule has 0 radical (unpaired) electrons. The lowest BCUT2D eigenvalue weighted by atomic mass is 9.84. The van der Waals surface area contributed by atoms with Crippen LogP contribution >= 0.6 is 22.6 Å². The van der Waals surface area contributed by atoms with E-state index in [-0.39, 0.29) is 5.41 Å². The van der Waals surface area contributed by atoms with Crippen molar-refractivity contribution in [3.63, 3.8) is 0 Å². The van der Waals surface area contributed by atoms with E-state index in [1.165, 1.54) is 57.1 Å². The van der Waals surface area contributed by atoms with Crippen LogP contribution in [0.25, 0.3) is 17.0 Å². The van der Waals surface area contributed by atoms with Gasteiger partial charge in [-0.1, -0.05) is 78.9 Å². The summed E-state index contributed by atoms with van der Waals surface area (Å²) < 4.78 is 3.66. The molecule has 0 saturated carbocycles. The molecule has 0 aliphatic carbocycles. The Kier molecular flexibility index (Phi) is 6.80. The third-order valence-corrected chi connectivity index (χ3v) is 7.22. The van der Waals surface area contributed by atoms with E-state index in [1.807, 2.05) is 0 Å². The second kappa shape index (κ2) is 9.56. The van der Waals surface area contributed by atoms with Gasteiger partial charge in [-0.3, -0.25) is 0 Å². The van der Waals surface area contributed by atoms with Crippen molar-refractivity contribution in [3.05, 3.63) is 89.8 Å². The summed E-state index contributed by atoms with van der Waals surface area (Å²) in [6.07, 6.45) is 12.8. The number of allylic oxidation sites excluding steroid dienone is 3. The number of anilines is 1. The molecule has 3 aromatic rings. The Morgan fingerprint density at radius 3 is 2.55 bits per heavy atom. The number of nitrogens with zero attached hydrogens (tertiary/aromatic N) is 2.